The van der Waals surface area contributed by atoms with Gasteiger partial charge in [0.05, 0.1) is 10.9 Å². The summed E-state index contributed by atoms with van der Waals surface area (Å²) in [7, 11) is -3.64. The molecular formula is C26H36N4O4S. The maximum Gasteiger partial charge on any atom is 0.410 e. The molecule has 0 radical (unpaired) electrons. The number of carbonyl (C=O) groups is 1. The van der Waals surface area contributed by atoms with Crippen LogP contribution >= 0.6 is 0 Å². The number of piperidine rings is 1. The molecule has 1 aromatic heterocycles. The van der Waals surface area contributed by atoms with E-state index >= 15 is 0 Å². The number of piperazine rings is 1. The Morgan fingerprint density at radius 2 is 1.69 bits per heavy atom. The zero-order valence-electron chi connectivity index (χ0n) is 21.1. The fourth-order valence-corrected chi connectivity index (χ4v) is 6.38. The highest BCUT2D eigenvalue weighted by molar-refractivity contribution is 7.89. The first kappa shape index (κ1) is 25.4. The molecule has 1 atom stereocenters. The summed E-state index contributed by atoms with van der Waals surface area (Å²) < 4.78 is 34.4. The molecule has 2 aromatic rings. The molecule has 4 rings (SSSR count). The molecular weight excluding hydrogens is 464 g/mol. The van der Waals surface area contributed by atoms with Gasteiger partial charge in [0.25, 0.3) is 0 Å². The quantitative estimate of drug-likeness (QED) is 0.620. The van der Waals surface area contributed by atoms with Gasteiger partial charge in [0, 0.05) is 44.5 Å². The number of aryl methyl sites for hydroxylation is 1. The van der Waals surface area contributed by atoms with Crippen molar-refractivity contribution in [2.75, 3.05) is 37.6 Å². The molecule has 1 amide bonds. The zero-order chi connectivity index (χ0) is 25.2. The Bertz CT molecular complexity index is 1140. The van der Waals surface area contributed by atoms with E-state index in [1.165, 1.54) is 0 Å². The molecule has 0 spiro atoms. The molecule has 2 saturated heterocycles. The molecule has 0 saturated carbocycles. The van der Waals surface area contributed by atoms with Crippen molar-refractivity contribution in [3.05, 3.63) is 53.7 Å². The zero-order valence-corrected chi connectivity index (χ0v) is 21.9. The van der Waals surface area contributed by atoms with E-state index in [0.29, 0.717) is 37.6 Å². The fraction of sp³-hybridized carbons (Fsp3) is 0.538. The minimum atomic E-state index is -3.64. The molecule has 0 unspecified atom stereocenters. The Morgan fingerprint density at radius 1 is 1.00 bits per heavy atom. The van der Waals surface area contributed by atoms with Gasteiger partial charge < -0.3 is 14.5 Å². The average Bonchev–Trinajstić information content (AvgIpc) is 2.83. The number of amides is 1. The van der Waals surface area contributed by atoms with Gasteiger partial charge in [-0.2, -0.15) is 4.31 Å². The van der Waals surface area contributed by atoms with Crippen molar-refractivity contribution in [3.63, 3.8) is 0 Å². The van der Waals surface area contributed by atoms with Crippen LogP contribution in [0.5, 0.6) is 0 Å². The molecule has 3 heterocycles. The topological polar surface area (TPSA) is 83.1 Å². The summed E-state index contributed by atoms with van der Waals surface area (Å²) in [4.78, 5) is 21.4. The lowest BCUT2D eigenvalue weighted by atomic mass is 9.97. The minimum Gasteiger partial charge on any atom is -0.444 e. The highest BCUT2D eigenvalue weighted by Crippen LogP contribution is 2.39. The third kappa shape index (κ3) is 5.78. The van der Waals surface area contributed by atoms with Gasteiger partial charge in [-0.05, 0) is 58.7 Å². The minimum absolute atomic E-state index is 0.275. The van der Waals surface area contributed by atoms with Crippen molar-refractivity contribution in [3.8, 4) is 0 Å². The molecule has 190 valence electrons. The number of carbonyl (C=O) groups excluding carboxylic acids is 1. The van der Waals surface area contributed by atoms with Crippen LogP contribution in [0.2, 0.25) is 0 Å². The number of sulfonamides is 1. The van der Waals surface area contributed by atoms with Crippen LogP contribution in [-0.4, -0.2) is 67.0 Å². The maximum absolute atomic E-state index is 13.6. The van der Waals surface area contributed by atoms with Crippen molar-refractivity contribution in [2.24, 2.45) is 0 Å². The van der Waals surface area contributed by atoms with Gasteiger partial charge in [-0.3, -0.25) is 0 Å². The van der Waals surface area contributed by atoms with Crippen molar-refractivity contribution in [2.45, 2.75) is 63.5 Å². The molecule has 0 aliphatic carbocycles. The molecule has 2 fully saturated rings. The second-order valence-corrected chi connectivity index (χ2v) is 12.2. The summed E-state index contributed by atoms with van der Waals surface area (Å²) in [6.07, 6.45) is 4.00. The summed E-state index contributed by atoms with van der Waals surface area (Å²) >= 11 is 0. The smallest absolute Gasteiger partial charge is 0.410 e. The van der Waals surface area contributed by atoms with Crippen LogP contribution in [0, 0.1) is 6.92 Å². The van der Waals surface area contributed by atoms with Crippen molar-refractivity contribution < 1.29 is 17.9 Å². The summed E-state index contributed by atoms with van der Waals surface area (Å²) in [5, 5.41) is 0. The highest BCUT2D eigenvalue weighted by Gasteiger charge is 2.37. The van der Waals surface area contributed by atoms with E-state index in [0.717, 1.165) is 36.2 Å². The van der Waals surface area contributed by atoms with E-state index in [1.54, 1.807) is 27.5 Å². The second-order valence-electron chi connectivity index (χ2n) is 10.3. The number of pyridine rings is 1. The Labute approximate surface area is 208 Å². The van der Waals surface area contributed by atoms with E-state index < -0.39 is 15.6 Å². The van der Waals surface area contributed by atoms with Gasteiger partial charge in [0.15, 0.2) is 0 Å². The van der Waals surface area contributed by atoms with E-state index in [1.807, 2.05) is 52.0 Å². The van der Waals surface area contributed by atoms with Gasteiger partial charge in [-0.15, -0.1) is 0 Å². The number of rotatable bonds is 4. The third-order valence-corrected chi connectivity index (χ3v) is 8.41. The molecule has 9 heteroatoms. The van der Waals surface area contributed by atoms with Crippen molar-refractivity contribution in [1.29, 1.82) is 0 Å². The molecule has 2 aliphatic rings. The SMILES string of the molecule is Cc1ccc(S(=O)(=O)N2CCCC[C@H]2c2cccnc2N2CCN(C(=O)OC(C)(C)C)CC2)cc1. The molecule has 0 N–H and O–H groups in total. The van der Waals surface area contributed by atoms with Gasteiger partial charge in [-0.1, -0.05) is 30.2 Å². The number of hydrogen-bond donors (Lipinski definition) is 0. The van der Waals surface area contributed by atoms with Crippen LogP contribution < -0.4 is 4.90 Å². The first-order valence-electron chi connectivity index (χ1n) is 12.3. The average molecular weight is 501 g/mol. The number of aromatic nitrogens is 1. The number of benzene rings is 1. The van der Waals surface area contributed by atoms with Crippen LogP contribution in [0.4, 0.5) is 10.6 Å². The van der Waals surface area contributed by atoms with Crippen LogP contribution in [0.1, 0.15) is 57.2 Å². The largest absolute Gasteiger partial charge is 0.444 e. The van der Waals surface area contributed by atoms with Gasteiger partial charge in [0.1, 0.15) is 11.4 Å². The van der Waals surface area contributed by atoms with Crippen molar-refractivity contribution in [1.82, 2.24) is 14.2 Å². The Hall–Kier alpha value is -2.65. The van der Waals surface area contributed by atoms with Crippen LogP contribution in [0.3, 0.4) is 0 Å². The predicted octanol–water partition coefficient (Wildman–Crippen LogP) is 4.36. The lowest BCUT2D eigenvalue weighted by Gasteiger charge is -2.39. The maximum atomic E-state index is 13.6. The molecule has 1 aromatic carbocycles. The van der Waals surface area contributed by atoms with Crippen LogP contribution in [0.25, 0.3) is 0 Å². The van der Waals surface area contributed by atoms with E-state index in [4.69, 9.17) is 4.74 Å². The lowest BCUT2D eigenvalue weighted by Crippen LogP contribution is -2.50. The monoisotopic (exact) mass is 500 g/mol. The normalized spacial score (nSPS) is 20.1. The van der Waals surface area contributed by atoms with Gasteiger partial charge in [-0.25, -0.2) is 18.2 Å². The molecule has 35 heavy (non-hydrogen) atoms. The first-order chi connectivity index (χ1) is 16.6. The highest BCUT2D eigenvalue weighted by atomic mass is 32.2. The molecule has 0 bridgehead atoms. The van der Waals surface area contributed by atoms with Gasteiger partial charge >= 0.3 is 6.09 Å². The van der Waals surface area contributed by atoms with Gasteiger partial charge in [0.2, 0.25) is 10.0 Å². The molecule has 2 aliphatic heterocycles. The summed E-state index contributed by atoms with van der Waals surface area (Å²) in [5.74, 6) is 0.798. The van der Waals surface area contributed by atoms with E-state index in [2.05, 4.69) is 9.88 Å². The summed E-state index contributed by atoms with van der Waals surface area (Å²) in [5.41, 5.74) is 1.42. The summed E-state index contributed by atoms with van der Waals surface area (Å²) in [6.45, 7) is 10.3. The third-order valence-electron chi connectivity index (χ3n) is 6.49. The van der Waals surface area contributed by atoms with E-state index in [9.17, 15) is 13.2 Å². The Kier molecular flexibility index (Phi) is 7.38. The number of anilines is 1. The number of nitrogens with zero attached hydrogens (tertiary/aromatic N) is 4. The Morgan fingerprint density at radius 3 is 2.34 bits per heavy atom. The Balaban J connectivity index is 1.56. The molecule has 8 nitrogen and oxygen atoms in total. The number of hydrogen-bond acceptors (Lipinski definition) is 6. The standard InChI is InChI=1S/C26H36N4O4S/c1-20-10-12-21(13-11-20)35(32,33)30-15-6-5-9-23(30)22-8-7-14-27-24(22)28-16-18-29(19-17-28)25(31)34-26(2,3)4/h7-8,10-14,23H,5-6,9,15-19H2,1-4H3/t23-/m0/s1. The second kappa shape index (κ2) is 10.1. The lowest BCUT2D eigenvalue weighted by molar-refractivity contribution is 0.0240. The van der Waals surface area contributed by atoms with E-state index in [-0.39, 0.29) is 12.1 Å². The summed E-state index contributed by atoms with van der Waals surface area (Å²) in [6, 6.07) is 10.7. The fourth-order valence-electron chi connectivity index (χ4n) is 4.71. The predicted molar refractivity (Wildman–Crippen MR) is 136 cm³/mol. The van der Waals surface area contributed by atoms with Crippen LogP contribution in [0.15, 0.2) is 47.5 Å². The number of ether oxygens (including phenoxy) is 1. The first-order valence-corrected chi connectivity index (χ1v) is 13.8. The van der Waals surface area contributed by atoms with Crippen LogP contribution in [-0.2, 0) is 14.8 Å². The van der Waals surface area contributed by atoms with Crippen molar-refractivity contribution >= 4 is 21.9 Å².